The lowest BCUT2D eigenvalue weighted by Gasteiger charge is -2.20. The number of aromatic nitrogens is 1. The zero-order valence-corrected chi connectivity index (χ0v) is 10.0. The van der Waals surface area contributed by atoms with Gasteiger partial charge in [0.25, 0.3) is 5.91 Å². The van der Waals surface area contributed by atoms with Crippen molar-refractivity contribution in [1.82, 2.24) is 9.88 Å². The van der Waals surface area contributed by atoms with Crippen molar-refractivity contribution in [3.63, 3.8) is 0 Å². The summed E-state index contributed by atoms with van der Waals surface area (Å²) in [6.45, 7) is 4.31. The molecule has 98 valence electrons. The maximum Gasteiger partial charge on any atom is 0.257 e. The standard InChI is InChI=1S/C12H14F2N2O2/c1-3-6-16(7-8-18-2)12(17)9-4-5-15-11(14)10(9)13/h3-5H,1,6-8H2,2H3. The third kappa shape index (κ3) is 3.33. The van der Waals surface area contributed by atoms with E-state index in [4.69, 9.17) is 4.74 Å². The van der Waals surface area contributed by atoms with Crippen LogP contribution in [0, 0.1) is 11.8 Å². The Morgan fingerprint density at radius 1 is 1.61 bits per heavy atom. The molecule has 0 spiro atoms. The molecule has 0 aliphatic heterocycles. The average molecular weight is 256 g/mol. The van der Waals surface area contributed by atoms with Crippen LogP contribution < -0.4 is 0 Å². The second-order valence-electron chi connectivity index (χ2n) is 3.50. The summed E-state index contributed by atoms with van der Waals surface area (Å²) >= 11 is 0. The number of methoxy groups -OCH3 is 1. The van der Waals surface area contributed by atoms with E-state index < -0.39 is 17.7 Å². The first-order valence-corrected chi connectivity index (χ1v) is 5.31. The Bertz CT molecular complexity index is 438. The van der Waals surface area contributed by atoms with E-state index in [9.17, 15) is 13.6 Å². The maximum atomic E-state index is 13.4. The highest BCUT2D eigenvalue weighted by Gasteiger charge is 2.20. The summed E-state index contributed by atoms with van der Waals surface area (Å²) in [6.07, 6.45) is 2.55. The largest absolute Gasteiger partial charge is 0.383 e. The molecule has 1 rings (SSSR count). The van der Waals surface area contributed by atoms with E-state index in [0.29, 0.717) is 6.61 Å². The molecule has 4 nitrogen and oxygen atoms in total. The second-order valence-corrected chi connectivity index (χ2v) is 3.50. The molecule has 0 saturated heterocycles. The van der Waals surface area contributed by atoms with Gasteiger partial charge in [-0.1, -0.05) is 6.08 Å². The SMILES string of the molecule is C=CCN(CCOC)C(=O)c1ccnc(F)c1F. The molecule has 0 aliphatic carbocycles. The highest BCUT2D eigenvalue weighted by molar-refractivity contribution is 5.94. The molecule has 1 amide bonds. The molecule has 0 saturated carbocycles. The van der Waals surface area contributed by atoms with Crippen LogP contribution in [0.25, 0.3) is 0 Å². The van der Waals surface area contributed by atoms with Crippen molar-refractivity contribution in [3.8, 4) is 0 Å². The fourth-order valence-corrected chi connectivity index (χ4v) is 1.39. The van der Waals surface area contributed by atoms with E-state index in [1.165, 1.54) is 18.1 Å². The van der Waals surface area contributed by atoms with Crippen LogP contribution >= 0.6 is 0 Å². The first kappa shape index (κ1) is 14.2. The fraction of sp³-hybridized carbons (Fsp3) is 0.333. The van der Waals surface area contributed by atoms with E-state index in [1.54, 1.807) is 0 Å². The molecule has 18 heavy (non-hydrogen) atoms. The summed E-state index contributed by atoms with van der Waals surface area (Å²) in [5, 5.41) is 0. The molecule has 0 aromatic carbocycles. The van der Waals surface area contributed by atoms with Crippen LogP contribution in [0.15, 0.2) is 24.9 Å². The maximum absolute atomic E-state index is 13.4. The Balaban J connectivity index is 2.94. The van der Waals surface area contributed by atoms with Crippen LogP contribution in [0.1, 0.15) is 10.4 Å². The van der Waals surface area contributed by atoms with Crippen LogP contribution in [0.3, 0.4) is 0 Å². The Hall–Kier alpha value is -1.82. The third-order valence-corrected chi connectivity index (χ3v) is 2.28. The van der Waals surface area contributed by atoms with Crippen LogP contribution in [0.5, 0.6) is 0 Å². The number of nitrogens with zero attached hydrogens (tertiary/aromatic N) is 2. The summed E-state index contributed by atoms with van der Waals surface area (Å²) in [7, 11) is 1.49. The molecular weight excluding hydrogens is 242 g/mol. The number of hydrogen-bond acceptors (Lipinski definition) is 3. The molecule has 0 bridgehead atoms. The minimum atomic E-state index is -1.29. The number of hydrogen-bond donors (Lipinski definition) is 0. The van der Waals surface area contributed by atoms with Crippen LogP contribution in [-0.4, -0.2) is 42.6 Å². The van der Waals surface area contributed by atoms with Crippen molar-refractivity contribution in [2.24, 2.45) is 0 Å². The zero-order valence-electron chi connectivity index (χ0n) is 10.0. The van der Waals surface area contributed by atoms with Gasteiger partial charge in [-0.3, -0.25) is 4.79 Å². The highest BCUT2D eigenvalue weighted by atomic mass is 19.2. The van der Waals surface area contributed by atoms with Gasteiger partial charge in [0.1, 0.15) is 0 Å². The Morgan fingerprint density at radius 3 is 2.94 bits per heavy atom. The summed E-state index contributed by atoms with van der Waals surface area (Å²) < 4.78 is 31.2. The van der Waals surface area contributed by atoms with Crippen LogP contribution in [0.4, 0.5) is 8.78 Å². The lowest BCUT2D eigenvalue weighted by Crippen LogP contribution is -2.34. The average Bonchev–Trinajstić information content (AvgIpc) is 2.37. The fourth-order valence-electron chi connectivity index (χ4n) is 1.39. The van der Waals surface area contributed by atoms with Crippen molar-refractivity contribution < 1.29 is 18.3 Å². The number of pyridine rings is 1. The number of ether oxygens (including phenoxy) is 1. The topological polar surface area (TPSA) is 42.4 Å². The van der Waals surface area contributed by atoms with Gasteiger partial charge in [0.05, 0.1) is 12.2 Å². The number of halogens is 2. The summed E-state index contributed by atoms with van der Waals surface area (Å²) in [5.41, 5.74) is -0.347. The van der Waals surface area contributed by atoms with Crippen LogP contribution in [-0.2, 0) is 4.74 Å². The number of amides is 1. The lowest BCUT2D eigenvalue weighted by molar-refractivity contribution is 0.0712. The second kappa shape index (κ2) is 6.80. The zero-order chi connectivity index (χ0) is 13.5. The van der Waals surface area contributed by atoms with E-state index in [-0.39, 0.29) is 18.7 Å². The summed E-state index contributed by atoms with van der Waals surface area (Å²) in [4.78, 5) is 16.4. The van der Waals surface area contributed by atoms with Crippen molar-refractivity contribution >= 4 is 5.91 Å². The van der Waals surface area contributed by atoms with E-state index in [2.05, 4.69) is 11.6 Å². The van der Waals surface area contributed by atoms with Gasteiger partial charge in [0.15, 0.2) is 5.82 Å². The van der Waals surface area contributed by atoms with Gasteiger partial charge in [-0.05, 0) is 6.07 Å². The molecule has 1 heterocycles. The molecule has 0 fully saturated rings. The van der Waals surface area contributed by atoms with Gasteiger partial charge in [-0.2, -0.15) is 4.39 Å². The molecule has 0 radical (unpaired) electrons. The van der Waals surface area contributed by atoms with E-state index >= 15 is 0 Å². The lowest BCUT2D eigenvalue weighted by atomic mass is 10.2. The third-order valence-electron chi connectivity index (χ3n) is 2.28. The monoisotopic (exact) mass is 256 g/mol. The van der Waals surface area contributed by atoms with Gasteiger partial charge >= 0.3 is 0 Å². The Kier molecular flexibility index (Phi) is 5.38. The molecular formula is C12H14F2N2O2. The van der Waals surface area contributed by atoms with Crippen LogP contribution in [0.2, 0.25) is 0 Å². The predicted octanol–water partition coefficient (Wildman–Crippen LogP) is 1.63. The minimum Gasteiger partial charge on any atom is -0.383 e. The molecule has 0 unspecified atom stereocenters. The number of carbonyl (C=O) groups is 1. The smallest absolute Gasteiger partial charge is 0.257 e. The van der Waals surface area contributed by atoms with Gasteiger partial charge in [0, 0.05) is 26.4 Å². The van der Waals surface area contributed by atoms with Gasteiger partial charge in [-0.25, -0.2) is 9.37 Å². The summed E-state index contributed by atoms with van der Waals surface area (Å²) in [6, 6.07) is 1.14. The first-order valence-electron chi connectivity index (χ1n) is 5.31. The van der Waals surface area contributed by atoms with Crippen molar-refractivity contribution in [2.45, 2.75) is 0 Å². The number of rotatable bonds is 6. The molecule has 1 aromatic rings. The molecule has 0 atom stereocenters. The van der Waals surface area contributed by atoms with E-state index in [0.717, 1.165) is 12.3 Å². The quantitative estimate of drug-likeness (QED) is 0.574. The molecule has 0 N–H and O–H groups in total. The van der Waals surface area contributed by atoms with Crippen molar-refractivity contribution in [3.05, 3.63) is 42.2 Å². The van der Waals surface area contributed by atoms with Gasteiger partial charge in [0.2, 0.25) is 5.95 Å². The van der Waals surface area contributed by atoms with E-state index in [1.807, 2.05) is 0 Å². The minimum absolute atomic E-state index is 0.228. The Labute approximate surface area is 104 Å². The normalized spacial score (nSPS) is 10.2. The van der Waals surface area contributed by atoms with Crippen molar-refractivity contribution in [2.75, 3.05) is 26.8 Å². The number of carbonyl (C=O) groups excluding carboxylic acids is 1. The van der Waals surface area contributed by atoms with Crippen molar-refractivity contribution in [1.29, 1.82) is 0 Å². The Morgan fingerprint density at radius 2 is 2.33 bits per heavy atom. The van der Waals surface area contributed by atoms with Gasteiger partial charge < -0.3 is 9.64 Å². The molecule has 1 aromatic heterocycles. The molecule has 0 aliphatic rings. The summed E-state index contributed by atoms with van der Waals surface area (Å²) in [5.74, 6) is -3.15. The van der Waals surface area contributed by atoms with Gasteiger partial charge in [-0.15, -0.1) is 6.58 Å². The predicted molar refractivity (Wildman–Crippen MR) is 62.1 cm³/mol. The molecule has 6 heteroatoms. The highest BCUT2D eigenvalue weighted by Crippen LogP contribution is 2.12. The first-order chi connectivity index (χ1) is 8.61.